The van der Waals surface area contributed by atoms with Gasteiger partial charge in [0.25, 0.3) is 0 Å². The lowest BCUT2D eigenvalue weighted by atomic mass is 10.2. The molecular formula is C19H17F2N5OS. The van der Waals surface area contributed by atoms with Gasteiger partial charge in [-0.1, -0.05) is 11.8 Å². The van der Waals surface area contributed by atoms with Crippen LogP contribution in [0.3, 0.4) is 0 Å². The highest BCUT2D eigenvalue weighted by molar-refractivity contribution is 8.00. The predicted octanol–water partition coefficient (Wildman–Crippen LogP) is 4.07. The van der Waals surface area contributed by atoms with Crippen molar-refractivity contribution in [3.05, 3.63) is 54.4 Å². The summed E-state index contributed by atoms with van der Waals surface area (Å²) in [6.07, 6.45) is 5.46. The number of nitrogens with zero attached hydrogens (tertiary/aromatic N) is 4. The third kappa shape index (κ3) is 3.89. The van der Waals surface area contributed by atoms with Crippen molar-refractivity contribution in [2.24, 2.45) is 0 Å². The Morgan fingerprint density at radius 2 is 1.96 bits per heavy atom. The first-order valence-electron chi connectivity index (χ1n) is 8.81. The zero-order valence-electron chi connectivity index (χ0n) is 15.0. The second-order valence-electron chi connectivity index (χ2n) is 6.52. The van der Waals surface area contributed by atoms with E-state index in [1.165, 1.54) is 17.8 Å². The number of amides is 1. The first-order valence-corrected chi connectivity index (χ1v) is 9.69. The van der Waals surface area contributed by atoms with Gasteiger partial charge in [-0.05, 0) is 44.0 Å². The molecule has 1 aliphatic rings. The monoisotopic (exact) mass is 401 g/mol. The molecular weight excluding hydrogens is 384 g/mol. The van der Waals surface area contributed by atoms with Gasteiger partial charge in [0.2, 0.25) is 5.91 Å². The Labute approximate surface area is 164 Å². The maximum absolute atomic E-state index is 13.8. The SMILES string of the molecule is C[C@@H](Sc1nnc(-c2ccncc2)n1C1CC1)C(=O)Nc1ccc(F)cc1F. The summed E-state index contributed by atoms with van der Waals surface area (Å²) in [5.41, 5.74) is 0.853. The average molecular weight is 401 g/mol. The van der Waals surface area contributed by atoms with Gasteiger partial charge in [0, 0.05) is 30.1 Å². The van der Waals surface area contributed by atoms with E-state index in [-0.39, 0.29) is 5.69 Å². The standard InChI is InChI=1S/C19H17F2N5OS/c1-11(18(27)23-16-5-2-13(20)10-15(16)21)28-19-25-24-17(26(19)14-3-4-14)12-6-8-22-9-7-12/h2,5-11,14H,3-4H2,1H3,(H,23,27)/t11-/m1/s1. The molecule has 2 aromatic heterocycles. The van der Waals surface area contributed by atoms with E-state index in [1.807, 2.05) is 16.7 Å². The number of thioether (sulfide) groups is 1. The normalized spacial score (nSPS) is 14.7. The van der Waals surface area contributed by atoms with E-state index in [1.54, 1.807) is 19.3 Å². The number of aromatic nitrogens is 4. The number of hydrogen-bond acceptors (Lipinski definition) is 5. The van der Waals surface area contributed by atoms with Crippen molar-refractivity contribution >= 4 is 23.4 Å². The molecule has 0 saturated heterocycles. The van der Waals surface area contributed by atoms with Gasteiger partial charge in [-0.15, -0.1) is 10.2 Å². The van der Waals surface area contributed by atoms with Crippen molar-refractivity contribution in [3.63, 3.8) is 0 Å². The molecule has 1 saturated carbocycles. The molecule has 2 heterocycles. The van der Waals surface area contributed by atoms with Crippen LogP contribution in [0.2, 0.25) is 0 Å². The van der Waals surface area contributed by atoms with Crippen LogP contribution in [0.1, 0.15) is 25.8 Å². The Hall–Kier alpha value is -2.81. The molecule has 1 aromatic carbocycles. The molecule has 9 heteroatoms. The Kier molecular flexibility index (Phi) is 5.08. The molecule has 0 bridgehead atoms. The van der Waals surface area contributed by atoms with Gasteiger partial charge in [-0.3, -0.25) is 14.3 Å². The number of anilines is 1. The minimum atomic E-state index is -0.813. The number of benzene rings is 1. The largest absolute Gasteiger partial charge is 0.323 e. The number of carbonyl (C=O) groups is 1. The first kappa shape index (κ1) is 18.5. The maximum atomic E-state index is 13.8. The fourth-order valence-corrected chi connectivity index (χ4v) is 3.67. The highest BCUT2D eigenvalue weighted by atomic mass is 32.2. The number of nitrogens with one attached hydrogen (secondary N) is 1. The van der Waals surface area contributed by atoms with Gasteiger partial charge in [-0.2, -0.15) is 0 Å². The molecule has 1 atom stereocenters. The smallest absolute Gasteiger partial charge is 0.237 e. The quantitative estimate of drug-likeness (QED) is 0.631. The third-order valence-corrected chi connectivity index (χ3v) is 5.41. The topological polar surface area (TPSA) is 72.7 Å². The Bertz CT molecular complexity index is 1010. The number of halogens is 2. The highest BCUT2D eigenvalue weighted by Gasteiger charge is 2.31. The van der Waals surface area contributed by atoms with Crippen molar-refractivity contribution in [3.8, 4) is 11.4 Å². The first-order chi connectivity index (χ1) is 13.5. The van der Waals surface area contributed by atoms with E-state index in [2.05, 4.69) is 20.5 Å². The van der Waals surface area contributed by atoms with Gasteiger partial charge in [0.15, 0.2) is 11.0 Å². The van der Waals surface area contributed by atoms with Crippen LogP contribution in [0.25, 0.3) is 11.4 Å². The van der Waals surface area contributed by atoms with Gasteiger partial charge in [0.1, 0.15) is 11.6 Å². The lowest BCUT2D eigenvalue weighted by Crippen LogP contribution is -2.23. The van der Waals surface area contributed by atoms with Crippen LogP contribution in [0.15, 0.2) is 47.9 Å². The molecule has 144 valence electrons. The van der Waals surface area contributed by atoms with Crippen molar-refractivity contribution in [1.29, 1.82) is 0 Å². The number of hydrogen-bond donors (Lipinski definition) is 1. The molecule has 0 aliphatic heterocycles. The van der Waals surface area contributed by atoms with Crippen molar-refractivity contribution in [2.75, 3.05) is 5.32 Å². The highest BCUT2D eigenvalue weighted by Crippen LogP contribution is 2.41. The molecule has 0 unspecified atom stereocenters. The van der Waals surface area contributed by atoms with Crippen LogP contribution >= 0.6 is 11.8 Å². The molecule has 1 amide bonds. The summed E-state index contributed by atoms with van der Waals surface area (Å²) in [5, 5.41) is 11.1. The molecule has 4 rings (SSSR count). The Morgan fingerprint density at radius 3 is 2.64 bits per heavy atom. The number of pyridine rings is 1. The molecule has 3 aromatic rings. The van der Waals surface area contributed by atoms with Crippen molar-refractivity contribution in [2.45, 2.75) is 36.2 Å². The van der Waals surface area contributed by atoms with Crippen LogP contribution in [-0.4, -0.2) is 30.9 Å². The Balaban J connectivity index is 1.52. The minimum absolute atomic E-state index is 0.0556. The lowest BCUT2D eigenvalue weighted by molar-refractivity contribution is -0.115. The predicted molar refractivity (Wildman–Crippen MR) is 102 cm³/mol. The van der Waals surface area contributed by atoms with Crippen LogP contribution < -0.4 is 5.32 Å². The molecule has 0 radical (unpaired) electrons. The number of carbonyl (C=O) groups excluding carboxylic acids is 1. The van der Waals surface area contributed by atoms with E-state index in [0.29, 0.717) is 11.2 Å². The molecule has 1 fully saturated rings. The molecule has 0 spiro atoms. The van der Waals surface area contributed by atoms with Crippen LogP contribution in [0.4, 0.5) is 14.5 Å². The fourth-order valence-electron chi connectivity index (χ4n) is 2.75. The summed E-state index contributed by atoms with van der Waals surface area (Å²) in [5.74, 6) is -1.17. The molecule has 6 nitrogen and oxygen atoms in total. The minimum Gasteiger partial charge on any atom is -0.323 e. The zero-order valence-corrected chi connectivity index (χ0v) is 15.8. The summed E-state index contributed by atoms with van der Waals surface area (Å²) >= 11 is 1.26. The molecule has 1 N–H and O–H groups in total. The lowest BCUT2D eigenvalue weighted by Gasteiger charge is -2.13. The van der Waals surface area contributed by atoms with Crippen LogP contribution in [-0.2, 0) is 4.79 Å². The zero-order chi connectivity index (χ0) is 19.7. The fraction of sp³-hybridized carbons (Fsp3) is 0.263. The third-order valence-electron chi connectivity index (χ3n) is 4.36. The van der Waals surface area contributed by atoms with E-state index in [9.17, 15) is 13.6 Å². The van der Waals surface area contributed by atoms with Gasteiger partial charge >= 0.3 is 0 Å². The summed E-state index contributed by atoms with van der Waals surface area (Å²) < 4.78 is 28.8. The summed E-state index contributed by atoms with van der Waals surface area (Å²) in [4.78, 5) is 16.5. The summed E-state index contributed by atoms with van der Waals surface area (Å²) in [6, 6.07) is 7.08. The average Bonchev–Trinajstić information content (AvgIpc) is 3.44. The van der Waals surface area contributed by atoms with Crippen molar-refractivity contribution < 1.29 is 13.6 Å². The van der Waals surface area contributed by atoms with Crippen LogP contribution in [0.5, 0.6) is 0 Å². The number of rotatable bonds is 6. The molecule has 28 heavy (non-hydrogen) atoms. The second-order valence-corrected chi connectivity index (χ2v) is 7.82. The van der Waals surface area contributed by atoms with Gasteiger partial charge in [0.05, 0.1) is 10.9 Å². The van der Waals surface area contributed by atoms with Gasteiger partial charge < -0.3 is 5.32 Å². The van der Waals surface area contributed by atoms with E-state index >= 15 is 0 Å². The van der Waals surface area contributed by atoms with E-state index in [0.717, 1.165) is 36.4 Å². The summed E-state index contributed by atoms with van der Waals surface area (Å²) in [7, 11) is 0. The Morgan fingerprint density at radius 1 is 1.21 bits per heavy atom. The van der Waals surface area contributed by atoms with Gasteiger partial charge in [-0.25, -0.2) is 8.78 Å². The van der Waals surface area contributed by atoms with Crippen molar-refractivity contribution in [1.82, 2.24) is 19.7 Å². The van der Waals surface area contributed by atoms with E-state index < -0.39 is 22.8 Å². The maximum Gasteiger partial charge on any atom is 0.237 e. The summed E-state index contributed by atoms with van der Waals surface area (Å²) in [6.45, 7) is 1.71. The van der Waals surface area contributed by atoms with E-state index in [4.69, 9.17) is 0 Å². The molecule has 1 aliphatic carbocycles. The van der Waals surface area contributed by atoms with Crippen LogP contribution in [0, 0.1) is 11.6 Å². The second kappa shape index (κ2) is 7.67.